The monoisotopic (exact) mass is 185 g/mol. The average Bonchev–Trinajstić information content (AvgIpc) is 1.96. The smallest absolute Gasteiger partial charge is 0.142 e. The lowest BCUT2D eigenvalue weighted by Crippen LogP contribution is -2.37. The van der Waals surface area contributed by atoms with Gasteiger partial charge in [-0.1, -0.05) is 34.6 Å². The minimum Gasteiger partial charge on any atom is -0.319 e. The van der Waals surface area contributed by atoms with Crippen molar-refractivity contribution in [1.82, 2.24) is 5.32 Å². The van der Waals surface area contributed by atoms with Gasteiger partial charge in [0.2, 0.25) is 0 Å². The van der Waals surface area contributed by atoms with Gasteiger partial charge in [0, 0.05) is 17.9 Å². The van der Waals surface area contributed by atoms with E-state index in [-0.39, 0.29) is 11.3 Å². The highest BCUT2D eigenvalue weighted by Gasteiger charge is 2.30. The Morgan fingerprint density at radius 1 is 1.31 bits per heavy atom. The number of Topliss-reactive ketones (excluding diaryl/α,β-unsaturated/α-hetero) is 1. The van der Waals surface area contributed by atoms with Gasteiger partial charge in [0.05, 0.1) is 0 Å². The van der Waals surface area contributed by atoms with Crippen LogP contribution in [0.5, 0.6) is 0 Å². The van der Waals surface area contributed by atoms with Gasteiger partial charge >= 0.3 is 0 Å². The van der Waals surface area contributed by atoms with Crippen molar-refractivity contribution in [2.24, 2.45) is 17.3 Å². The highest BCUT2D eigenvalue weighted by molar-refractivity contribution is 5.86. The molecule has 1 atom stereocenters. The summed E-state index contributed by atoms with van der Waals surface area (Å²) in [5.74, 6) is 0.918. The van der Waals surface area contributed by atoms with E-state index in [1.165, 1.54) is 0 Å². The molecule has 0 rings (SSSR count). The fourth-order valence-electron chi connectivity index (χ4n) is 1.41. The zero-order valence-electron chi connectivity index (χ0n) is 9.77. The van der Waals surface area contributed by atoms with E-state index >= 15 is 0 Å². The first-order valence-electron chi connectivity index (χ1n) is 4.99. The highest BCUT2D eigenvalue weighted by Crippen LogP contribution is 2.24. The molecule has 0 bridgehead atoms. The SMILES string of the molecule is CNCC(C(=O)C(C)(C)C)C(C)C. The van der Waals surface area contributed by atoms with Gasteiger partial charge < -0.3 is 5.32 Å². The standard InChI is InChI=1S/C11H23NO/c1-8(2)9(7-12-6)10(13)11(3,4)5/h8-9,12H,7H2,1-6H3. The maximum absolute atomic E-state index is 12.0. The van der Waals surface area contributed by atoms with Crippen molar-refractivity contribution in [1.29, 1.82) is 0 Å². The first-order chi connectivity index (χ1) is 5.80. The van der Waals surface area contributed by atoms with Crippen LogP contribution in [-0.4, -0.2) is 19.4 Å². The van der Waals surface area contributed by atoms with Gasteiger partial charge in [0.15, 0.2) is 0 Å². The summed E-state index contributed by atoms with van der Waals surface area (Å²) in [4.78, 5) is 12.0. The summed E-state index contributed by atoms with van der Waals surface area (Å²) in [6.45, 7) is 11.0. The highest BCUT2D eigenvalue weighted by atomic mass is 16.1. The molecule has 0 spiro atoms. The Hall–Kier alpha value is -0.370. The molecule has 0 aromatic carbocycles. The van der Waals surface area contributed by atoms with Crippen LogP contribution in [-0.2, 0) is 4.79 Å². The Kier molecular flexibility index (Phi) is 4.62. The van der Waals surface area contributed by atoms with Crippen molar-refractivity contribution in [2.45, 2.75) is 34.6 Å². The molecule has 0 fully saturated rings. The van der Waals surface area contributed by atoms with E-state index in [1.807, 2.05) is 27.8 Å². The molecule has 0 aliphatic rings. The number of carbonyl (C=O) groups is 1. The van der Waals surface area contributed by atoms with Gasteiger partial charge in [0.25, 0.3) is 0 Å². The molecular formula is C11H23NO. The molecule has 0 aliphatic carbocycles. The third-order valence-corrected chi connectivity index (χ3v) is 2.30. The van der Waals surface area contributed by atoms with Crippen molar-refractivity contribution >= 4 is 5.78 Å². The van der Waals surface area contributed by atoms with Crippen LogP contribution in [0.25, 0.3) is 0 Å². The van der Waals surface area contributed by atoms with E-state index in [9.17, 15) is 4.79 Å². The average molecular weight is 185 g/mol. The van der Waals surface area contributed by atoms with Crippen LogP contribution >= 0.6 is 0 Å². The zero-order chi connectivity index (χ0) is 10.6. The Morgan fingerprint density at radius 2 is 1.77 bits per heavy atom. The molecule has 0 aliphatic heterocycles. The van der Waals surface area contributed by atoms with Gasteiger partial charge in [-0.2, -0.15) is 0 Å². The van der Waals surface area contributed by atoms with Crippen LogP contribution in [0, 0.1) is 17.3 Å². The Balaban J connectivity index is 4.47. The number of rotatable bonds is 4. The third-order valence-electron chi connectivity index (χ3n) is 2.30. The van der Waals surface area contributed by atoms with Crippen molar-refractivity contribution in [3.63, 3.8) is 0 Å². The predicted octanol–water partition coefficient (Wildman–Crippen LogP) is 2.09. The predicted molar refractivity (Wildman–Crippen MR) is 56.7 cm³/mol. The van der Waals surface area contributed by atoms with Crippen LogP contribution in [0.1, 0.15) is 34.6 Å². The minimum atomic E-state index is -0.216. The molecule has 0 aromatic rings. The molecule has 0 saturated heterocycles. The molecule has 78 valence electrons. The molecule has 2 nitrogen and oxygen atoms in total. The fourth-order valence-corrected chi connectivity index (χ4v) is 1.41. The second-order valence-corrected chi connectivity index (χ2v) is 5.02. The lowest BCUT2D eigenvalue weighted by Gasteiger charge is -2.27. The maximum Gasteiger partial charge on any atom is 0.142 e. The van der Waals surface area contributed by atoms with Crippen LogP contribution in [0.2, 0.25) is 0 Å². The summed E-state index contributed by atoms with van der Waals surface area (Å²) < 4.78 is 0. The molecule has 2 heteroatoms. The second-order valence-electron chi connectivity index (χ2n) is 5.02. The van der Waals surface area contributed by atoms with E-state index in [0.29, 0.717) is 11.7 Å². The van der Waals surface area contributed by atoms with Crippen molar-refractivity contribution in [2.75, 3.05) is 13.6 Å². The van der Waals surface area contributed by atoms with Gasteiger partial charge in [-0.05, 0) is 13.0 Å². The summed E-state index contributed by atoms with van der Waals surface area (Å²) >= 11 is 0. The van der Waals surface area contributed by atoms with Crippen LogP contribution < -0.4 is 5.32 Å². The summed E-state index contributed by atoms with van der Waals surface area (Å²) in [6, 6.07) is 0. The molecule has 0 aromatic heterocycles. The number of ketones is 1. The Labute approximate surface area is 82.1 Å². The lowest BCUT2D eigenvalue weighted by atomic mass is 9.78. The van der Waals surface area contributed by atoms with Gasteiger partial charge in [-0.3, -0.25) is 4.79 Å². The summed E-state index contributed by atoms with van der Waals surface area (Å²) in [7, 11) is 1.89. The topological polar surface area (TPSA) is 29.1 Å². The fraction of sp³-hybridized carbons (Fsp3) is 0.909. The van der Waals surface area contributed by atoms with Crippen molar-refractivity contribution in [3.8, 4) is 0 Å². The maximum atomic E-state index is 12.0. The second kappa shape index (κ2) is 4.75. The van der Waals surface area contributed by atoms with Crippen molar-refractivity contribution < 1.29 is 4.79 Å². The van der Waals surface area contributed by atoms with E-state index in [1.54, 1.807) is 0 Å². The molecule has 1 unspecified atom stereocenters. The summed E-state index contributed by atoms with van der Waals surface area (Å²) in [5.41, 5.74) is -0.216. The van der Waals surface area contributed by atoms with E-state index < -0.39 is 0 Å². The molecule has 0 saturated carbocycles. The third kappa shape index (κ3) is 3.90. The quantitative estimate of drug-likeness (QED) is 0.726. The zero-order valence-corrected chi connectivity index (χ0v) is 9.77. The van der Waals surface area contributed by atoms with Crippen LogP contribution in [0.15, 0.2) is 0 Å². The number of carbonyl (C=O) groups excluding carboxylic acids is 1. The first kappa shape index (κ1) is 12.6. The van der Waals surface area contributed by atoms with Gasteiger partial charge in [-0.15, -0.1) is 0 Å². The molecule has 13 heavy (non-hydrogen) atoms. The molecular weight excluding hydrogens is 162 g/mol. The van der Waals surface area contributed by atoms with E-state index in [0.717, 1.165) is 6.54 Å². The minimum absolute atomic E-state index is 0.144. The number of hydrogen-bond acceptors (Lipinski definition) is 2. The van der Waals surface area contributed by atoms with Gasteiger partial charge in [-0.25, -0.2) is 0 Å². The van der Waals surface area contributed by atoms with Crippen LogP contribution in [0.4, 0.5) is 0 Å². The first-order valence-corrected chi connectivity index (χ1v) is 4.99. The summed E-state index contributed by atoms with van der Waals surface area (Å²) in [5, 5.41) is 3.08. The normalized spacial score (nSPS) is 14.7. The lowest BCUT2D eigenvalue weighted by molar-refractivity contribution is -0.131. The molecule has 1 N–H and O–H groups in total. The Bertz CT molecular complexity index is 167. The largest absolute Gasteiger partial charge is 0.319 e. The number of nitrogens with one attached hydrogen (secondary N) is 1. The molecule has 0 heterocycles. The van der Waals surface area contributed by atoms with E-state index in [2.05, 4.69) is 19.2 Å². The van der Waals surface area contributed by atoms with Crippen molar-refractivity contribution in [3.05, 3.63) is 0 Å². The molecule has 0 amide bonds. The number of hydrogen-bond donors (Lipinski definition) is 1. The van der Waals surface area contributed by atoms with Crippen LogP contribution in [0.3, 0.4) is 0 Å². The van der Waals surface area contributed by atoms with Gasteiger partial charge in [0.1, 0.15) is 5.78 Å². The molecule has 0 radical (unpaired) electrons. The Morgan fingerprint density at radius 3 is 2.00 bits per heavy atom. The summed E-state index contributed by atoms with van der Waals surface area (Å²) in [6.07, 6.45) is 0. The van der Waals surface area contributed by atoms with E-state index in [4.69, 9.17) is 0 Å².